The third kappa shape index (κ3) is 3.00. The van der Waals surface area contributed by atoms with E-state index in [9.17, 15) is 14.4 Å². The summed E-state index contributed by atoms with van der Waals surface area (Å²) in [6, 6.07) is 5.48. The molecule has 0 saturated heterocycles. The second-order valence-corrected chi connectivity index (χ2v) is 6.46. The number of carbonyl (C=O) groups excluding carboxylic acids is 1. The first-order valence-corrected chi connectivity index (χ1v) is 8.23. The van der Waals surface area contributed by atoms with Crippen LogP contribution in [0, 0.1) is 0 Å². The van der Waals surface area contributed by atoms with Gasteiger partial charge in [0.05, 0.1) is 17.3 Å². The molecular formula is C16H16N4O3S. The molecule has 3 aromatic heterocycles. The minimum atomic E-state index is -0.437. The summed E-state index contributed by atoms with van der Waals surface area (Å²) in [6.07, 6.45) is 2.47. The molecular weight excluding hydrogens is 328 g/mol. The predicted molar refractivity (Wildman–Crippen MR) is 93.5 cm³/mol. The van der Waals surface area contributed by atoms with Crippen LogP contribution in [0.4, 0.5) is 5.69 Å². The summed E-state index contributed by atoms with van der Waals surface area (Å²) in [5.41, 5.74) is -0.142. The van der Waals surface area contributed by atoms with E-state index in [0.717, 1.165) is 9.44 Å². The highest BCUT2D eigenvalue weighted by molar-refractivity contribution is 7.09. The van der Waals surface area contributed by atoms with Gasteiger partial charge in [0.1, 0.15) is 5.65 Å². The van der Waals surface area contributed by atoms with Gasteiger partial charge in [-0.2, -0.15) is 0 Å². The van der Waals surface area contributed by atoms with Gasteiger partial charge in [-0.05, 0) is 23.9 Å². The van der Waals surface area contributed by atoms with Crippen molar-refractivity contribution in [2.24, 2.45) is 14.1 Å². The number of amides is 1. The van der Waals surface area contributed by atoms with Crippen LogP contribution in [-0.4, -0.2) is 20.0 Å². The van der Waals surface area contributed by atoms with E-state index in [1.807, 2.05) is 17.5 Å². The van der Waals surface area contributed by atoms with Gasteiger partial charge in [-0.1, -0.05) is 6.07 Å². The zero-order valence-electron chi connectivity index (χ0n) is 13.3. The fraction of sp³-hybridized carbons (Fsp3) is 0.250. The third-order valence-electron chi connectivity index (χ3n) is 3.76. The fourth-order valence-electron chi connectivity index (χ4n) is 2.45. The minimum absolute atomic E-state index is 0.147. The lowest BCUT2D eigenvalue weighted by Gasteiger charge is -2.09. The summed E-state index contributed by atoms with van der Waals surface area (Å²) >= 11 is 1.61. The van der Waals surface area contributed by atoms with E-state index in [-0.39, 0.29) is 11.3 Å². The van der Waals surface area contributed by atoms with Gasteiger partial charge in [-0.25, -0.2) is 9.78 Å². The van der Waals surface area contributed by atoms with Gasteiger partial charge in [-0.15, -0.1) is 11.3 Å². The van der Waals surface area contributed by atoms with Crippen molar-refractivity contribution in [3.63, 3.8) is 0 Å². The Morgan fingerprint density at radius 2 is 2.08 bits per heavy atom. The Balaban J connectivity index is 1.84. The van der Waals surface area contributed by atoms with Crippen LogP contribution >= 0.6 is 11.3 Å². The van der Waals surface area contributed by atoms with Gasteiger partial charge in [0, 0.05) is 25.4 Å². The molecule has 8 heteroatoms. The van der Waals surface area contributed by atoms with Gasteiger partial charge in [-0.3, -0.25) is 18.7 Å². The Kier molecular flexibility index (Phi) is 4.30. The van der Waals surface area contributed by atoms with Gasteiger partial charge >= 0.3 is 5.69 Å². The van der Waals surface area contributed by atoms with Crippen molar-refractivity contribution in [1.82, 2.24) is 14.1 Å². The Bertz CT molecular complexity index is 1020. The molecule has 0 fully saturated rings. The monoisotopic (exact) mass is 344 g/mol. The number of nitrogens with one attached hydrogen (secondary N) is 1. The fourth-order valence-corrected chi connectivity index (χ4v) is 3.16. The number of hydrogen-bond donors (Lipinski definition) is 1. The van der Waals surface area contributed by atoms with Crippen molar-refractivity contribution in [3.8, 4) is 0 Å². The molecule has 7 nitrogen and oxygen atoms in total. The first kappa shape index (κ1) is 16.1. The molecule has 0 spiro atoms. The molecule has 0 atom stereocenters. The first-order chi connectivity index (χ1) is 11.5. The van der Waals surface area contributed by atoms with Crippen molar-refractivity contribution in [1.29, 1.82) is 0 Å². The van der Waals surface area contributed by atoms with Crippen LogP contribution in [0.1, 0.15) is 11.3 Å². The average Bonchev–Trinajstić information content (AvgIpc) is 3.09. The Labute approximate surface area is 141 Å². The molecule has 0 radical (unpaired) electrons. The molecule has 3 aromatic rings. The Morgan fingerprint density at radius 1 is 1.29 bits per heavy atom. The standard InChI is InChI=1S/C16H16N4O3S/c1-19-14-12(15(22)20(2)16(19)23)8-10(9-17-14)18-13(21)6-5-11-4-3-7-24-11/h3-4,7-9H,5-6H2,1-2H3,(H,18,21). The van der Waals surface area contributed by atoms with Gasteiger partial charge < -0.3 is 5.32 Å². The van der Waals surface area contributed by atoms with Crippen LogP contribution in [0.5, 0.6) is 0 Å². The second-order valence-electron chi connectivity index (χ2n) is 5.43. The van der Waals surface area contributed by atoms with Crippen molar-refractivity contribution in [3.05, 3.63) is 55.5 Å². The van der Waals surface area contributed by atoms with Crippen LogP contribution in [0.3, 0.4) is 0 Å². The van der Waals surface area contributed by atoms with Crippen LogP contribution in [0.15, 0.2) is 39.4 Å². The Hall–Kier alpha value is -2.74. The van der Waals surface area contributed by atoms with E-state index >= 15 is 0 Å². The topological polar surface area (TPSA) is 86.0 Å². The summed E-state index contributed by atoms with van der Waals surface area (Å²) in [5.74, 6) is -0.147. The van der Waals surface area contributed by atoms with Crippen LogP contribution in [0.2, 0.25) is 0 Å². The number of rotatable bonds is 4. The lowest BCUT2D eigenvalue weighted by Crippen LogP contribution is -2.37. The second kappa shape index (κ2) is 6.40. The molecule has 0 aromatic carbocycles. The highest BCUT2D eigenvalue weighted by atomic mass is 32.1. The SMILES string of the molecule is Cn1c(=O)c2cc(NC(=O)CCc3cccs3)cnc2n(C)c1=O. The maximum atomic E-state index is 12.2. The van der Waals surface area contributed by atoms with Crippen LogP contribution < -0.4 is 16.6 Å². The molecule has 0 aliphatic heterocycles. The number of aryl methyl sites for hydroxylation is 2. The zero-order valence-corrected chi connectivity index (χ0v) is 14.1. The minimum Gasteiger partial charge on any atom is -0.325 e. The molecule has 1 N–H and O–H groups in total. The number of nitrogens with zero attached hydrogens (tertiary/aromatic N) is 3. The van der Waals surface area contributed by atoms with Crippen LogP contribution in [-0.2, 0) is 25.3 Å². The van der Waals surface area contributed by atoms with E-state index in [4.69, 9.17) is 0 Å². The normalized spacial score (nSPS) is 10.9. The number of carbonyl (C=O) groups is 1. The van der Waals surface area contributed by atoms with Crippen LogP contribution in [0.25, 0.3) is 11.0 Å². The number of hydrogen-bond acceptors (Lipinski definition) is 5. The van der Waals surface area contributed by atoms with Gasteiger partial charge in [0.15, 0.2) is 0 Å². The largest absolute Gasteiger partial charge is 0.332 e. The lowest BCUT2D eigenvalue weighted by molar-refractivity contribution is -0.116. The maximum Gasteiger partial charge on any atom is 0.332 e. The summed E-state index contributed by atoms with van der Waals surface area (Å²) in [4.78, 5) is 41.4. The molecule has 3 rings (SSSR count). The molecule has 1 amide bonds. The quantitative estimate of drug-likeness (QED) is 0.772. The van der Waals surface area contributed by atoms with E-state index < -0.39 is 11.2 Å². The summed E-state index contributed by atoms with van der Waals surface area (Å²) in [5, 5.41) is 5.01. The summed E-state index contributed by atoms with van der Waals surface area (Å²) in [7, 11) is 2.97. The van der Waals surface area contributed by atoms with Crippen molar-refractivity contribution in [2.45, 2.75) is 12.8 Å². The van der Waals surface area contributed by atoms with E-state index in [1.165, 1.54) is 17.8 Å². The molecule has 0 unspecified atom stereocenters. The molecule has 0 saturated carbocycles. The molecule has 0 bridgehead atoms. The van der Waals surface area contributed by atoms with Crippen molar-refractivity contribution >= 4 is 34.0 Å². The maximum absolute atomic E-state index is 12.2. The van der Waals surface area contributed by atoms with Gasteiger partial charge in [0.2, 0.25) is 5.91 Å². The first-order valence-electron chi connectivity index (χ1n) is 7.35. The smallest absolute Gasteiger partial charge is 0.325 e. The highest BCUT2D eigenvalue weighted by Crippen LogP contribution is 2.14. The number of fused-ring (bicyclic) bond motifs is 1. The molecule has 124 valence electrons. The van der Waals surface area contributed by atoms with Gasteiger partial charge in [0.25, 0.3) is 5.56 Å². The molecule has 24 heavy (non-hydrogen) atoms. The average molecular weight is 344 g/mol. The van der Waals surface area contributed by atoms with E-state index in [1.54, 1.807) is 24.5 Å². The van der Waals surface area contributed by atoms with Crippen molar-refractivity contribution < 1.29 is 4.79 Å². The van der Waals surface area contributed by atoms with Crippen molar-refractivity contribution in [2.75, 3.05) is 5.32 Å². The Morgan fingerprint density at radius 3 is 2.79 bits per heavy atom. The number of anilines is 1. The molecule has 3 heterocycles. The summed E-state index contributed by atoms with van der Waals surface area (Å²) < 4.78 is 2.32. The van der Waals surface area contributed by atoms with E-state index in [2.05, 4.69) is 10.3 Å². The third-order valence-corrected chi connectivity index (χ3v) is 4.69. The molecule has 0 aliphatic carbocycles. The predicted octanol–water partition coefficient (Wildman–Crippen LogP) is 1.26. The number of aromatic nitrogens is 3. The zero-order chi connectivity index (χ0) is 17.3. The highest BCUT2D eigenvalue weighted by Gasteiger charge is 2.11. The summed E-state index contributed by atoms with van der Waals surface area (Å²) in [6.45, 7) is 0. The van der Waals surface area contributed by atoms with E-state index in [0.29, 0.717) is 24.2 Å². The molecule has 0 aliphatic rings. The lowest BCUT2D eigenvalue weighted by atomic mass is 10.2. The number of pyridine rings is 1. The number of thiophene rings is 1.